The summed E-state index contributed by atoms with van der Waals surface area (Å²) in [7, 11) is 0. The second-order valence-electron chi connectivity index (χ2n) is 7.02. The van der Waals surface area contributed by atoms with Crippen molar-refractivity contribution in [2.24, 2.45) is 0 Å². The predicted octanol–water partition coefficient (Wildman–Crippen LogP) is 4.20. The van der Waals surface area contributed by atoms with Crippen LogP contribution in [0.1, 0.15) is 72.6 Å². The molecule has 3 unspecified atom stereocenters. The van der Waals surface area contributed by atoms with Gasteiger partial charge in [0.05, 0.1) is 12.2 Å². The van der Waals surface area contributed by atoms with Gasteiger partial charge >= 0.3 is 0 Å². The molecule has 1 N–H and O–H groups in total. The van der Waals surface area contributed by atoms with Crippen LogP contribution in [0.3, 0.4) is 0 Å². The Morgan fingerprint density at radius 1 is 1.12 bits per heavy atom. The Morgan fingerprint density at radius 2 is 1.79 bits per heavy atom. The highest BCUT2D eigenvalue weighted by Gasteiger charge is 2.40. The number of rotatable bonds is 8. The molecule has 0 aromatic rings. The van der Waals surface area contributed by atoms with Crippen LogP contribution in [-0.4, -0.2) is 28.7 Å². The van der Waals surface area contributed by atoms with Gasteiger partial charge in [0.1, 0.15) is 5.60 Å². The van der Waals surface area contributed by atoms with Crippen LogP contribution in [0.5, 0.6) is 0 Å². The van der Waals surface area contributed by atoms with Crippen molar-refractivity contribution in [1.82, 2.24) is 0 Å². The summed E-state index contributed by atoms with van der Waals surface area (Å²) in [5.74, 6) is 10.6. The van der Waals surface area contributed by atoms with Gasteiger partial charge in [-0.15, -0.1) is 0 Å². The molecule has 1 rings (SSSR count). The molecule has 1 fully saturated rings. The zero-order valence-electron chi connectivity index (χ0n) is 15.7. The van der Waals surface area contributed by atoms with E-state index in [-0.39, 0.29) is 12.2 Å². The van der Waals surface area contributed by atoms with E-state index in [9.17, 15) is 5.11 Å². The lowest BCUT2D eigenvalue weighted by atomic mass is 10.0. The molecular formula is C21H32O3. The summed E-state index contributed by atoms with van der Waals surface area (Å²) in [6, 6.07) is 0. The molecule has 0 spiro atoms. The summed E-state index contributed by atoms with van der Waals surface area (Å²) >= 11 is 0. The molecule has 1 aliphatic rings. The molecule has 3 heteroatoms. The molecule has 1 saturated heterocycles. The fourth-order valence-electron chi connectivity index (χ4n) is 2.68. The van der Waals surface area contributed by atoms with Crippen molar-refractivity contribution >= 4 is 0 Å². The number of hydrogen-bond donors (Lipinski definition) is 1. The summed E-state index contributed by atoms with van der Waals surface area (Å²) in [5, 5.41) is 9.70. The molecule has 1 heterocycles. The highest BCUT2D eigenvalue weighted by molar-refractivity contribution is 5.31. The van der Waals surface area contributed by atoms with E-state index in [4.69, 9.17) is 9.47 Å². The topological polar surface area (TPSA) is 38.7 Å². The van der Waals surface area contributed by atoms with E-state index >= 15 is 0 Å². The van der Waals surface area contributed by atoms with Crippen molar-refractivity contribution in [3.63, 3.8) is 0 Å². The van der Waals surface area contributed by atoms with Crippen LogP contribution in [0.2, 0.25) is 0 Å². The van der Waals surface area contributed by atoms with Crippen molar-refractivity contribution in [1.29, 1.82) is 0 Å². The number of ether oxygens (including phenoxy) is 2. The lowest BCUT2D eigenvalue weighted by Crippen LogP contribution is -2.22. The number of hydrogen-bond acceptors (Lipinski definition) is 3. The van der Waals surface area contributed by atoms with E-state index in [1.165, 1.54) is 31.8 Å². The molecule has 0 saturated carbocycles. The molecule has 0 aromatic heterocycles. The third-order valence-corrected chi connectivity index (χ3v) is 4.04. The van der Waals surface area contributed by atoms with E-state index in [1.807, 2.05) is 13.8 Å². The maximum Gasteiger partial charge on any atom is 0.163 e. The molecule has 3 nitrogen and oxygen atoms in total. The van der Waals surface area contributed by atoms with Crippen molar-refractivity contribution in [3.05, 3.63) is 12.7 Å². The van der Waals surface area contributed by atoms with E-state index in [2.05, 4.69) is 37.2 Å². The predicted molar refractivity (Wildman–Crippen MR) is 98.2 cm³/mol. The van der Waals surface area contributed by atoms with Gasteiger partial charge in [-0.2, -0.15) is 0 Å². The molecule has 134 valence electrons. The number of aliphatic hydroxyl groups is 1. The highest BCUT2D eigenvalue weighted by Crippen LogP contribution is 2.32. The molecule has 0 aromatic carbocycles. The molecule has 3 atom stereocenters. The molecule has 1 aliphatic heterocycles. The SMILES string of the molecule is C=CC(C)(O)C#CC#CCC1OC(C)(C)OC1CCCCCCC. The third kappa shape index (κ3) is 8.02. The Hall–Kier alpha value is -1.26. The summed E-state index contributed by atoms with van der Waals surface area (Å²) < 4.78 is 12.0. The zero-order chi connectivity index (χ0) is 18.1. The molecule has 24 heavy (non-hydrogen) atoms. The summed E-state index contributed by atoms with van der Waals surface area (Å²) in [5.41, 5.74) is -1.19. The van der Waals surface area contributed by atoms with Crippen molar-refractivity contribution in [2.75, 3.05) is 0 Å². The maximum absolute atomic E-state index is 9.70. The van der Waals surface area contributed by atoms with Gasteiger partial charge < -0.3 is 14.6 Å². The minimum absolute atomic E-state index is 0.0135. The Kier molecular flexibility index (Phi) is 8.57. The first-order chi connectivity index (χ1) is 11.3. The highest BCUT2D eigenvalue weighted by atomic mass is 16.7. The normalized spacial score (nSPS) is 24.2. The lowest BCUT2D eigenvalue weighted by molar-refractivity contribution is -0.146. The molecule has 0 radical (unpaired) electrons. The Balaban J connectivity index is 2.50. The van der Waals surface area contributed by atoms with Crippen LogP contribution in [0.4, 0.5) is 0 Å². The monoisotopic (exact) mass is 332 g/mol. The second-order valence-corrected chi connectivity index (χ2v) is 7.02. The van der Waals surface area contributed by atoms with E-state index in [1.54, 1.807) is 6.92 Å². The fourth-order valence-corrected chi connectivity index (χ4v) is 2.68. The summed E-state index contributed by atoms with van der Waals surface area (Å²) in [6.07, 6.45) is 9.34. The Morgan fingerprint density at radius 3 is 2.46 bits per heavy atom. The first-order valence-electron chi connectivity index (χ1n) is 9.01. The van der Waals surface area contributed by atoms with Crippen LogP contribution in [0.25, 0.3) is 0 Å². The van der Waals surface area contributed by atoms with Gasteiger partial charge in [0.25, 0.3) is 0 Å². The van der Waals surface area contributed by atoms with Crippen LogP contribution >= 0.6 is 0 Å². The average molecular weight is 332 g/mol. The Bertz CT molecular complexity index is 511. The Labute approximate surface area is 147 Å². The number of unbranched alkanes of at least 4 members (excludes halogenated alkanes) is 4. The van der Waals surface area contributed by atoms with Gasteiger partial charge in [0, 0.05) is 6.42 Å². The van der Waals surface area contributed by atoms with Crippen LogP contribution < -0.4 is 0 Å². The second kappa shape index (κ2) is 9.90. The standard InChI is InChI=1S/C21H32O3/c1-6-8-9-10-12-15-18-19(24-20(3,4)23-18)16-13-11-14-17-21(5,22)7-2/h7,18-19,22H,2,6,8-10,12,15-16H2,1,3-5H3. The maximum atomic E-state index is 9.70. The van der Waals surface area contributed by atoms with E-state index in [0.717, 1.165) is 12.8 Å². The first-order valence-corrected chi connectivity index (χ1v) is 9.01. The minimum Gasteiger partial charge on any atom is -0.374 e. The van der Waals surface area contributed by atoms with Crippen LogP contribution in [0, 0.1) is 23.7 Å². The minimum atomic E-state index is -1.19. The van der Waals surface area contributed by atoms with Crippen LogP contribution in [-0.2, 0) is 9.47 Å². The van der Waals surface area contributed by atoms with Gasteiger partial charge in [0.2, 0.25) is 0 Å². The fraction of sp³-hybridized carbons (Fsp3) is 0.714. The average Bonchev–Trinajstić information content (AvgIpc) is 2.81. The van der Waals surface area contributed by atoms with Gasteiger partial charge in [-0.25, -0.2) is 0 Å². The van der Waals surface area contributed by atoms with Crippen LogP contribution in [0.15, 0.2) is 12.7 Å². The summed E-state index contributed by atoms with van der Waals surface area (Å²) in [6.45, 7) is 11.2. The quantitative estimate of drug-likeness (QED) is 0.411. The zero-order valence-corrected chi connectivity index (χ0v) is 15.7. The van der Waals surface area contributed by atoms with Crippen molar-refractivity contribution < 1.29 is 14.6 Å². The van der Waals surface area contributed by atoms with Crippen molar-refractivity contribution in [2.45, 2.75) is 96.2 Å². The largest absolute Gasteiger partial charge is 0.374 e. The third-order valence-electron chi connectivity index (χ3n) is 4.04. The van der Waals surface area contributed by atoms with E-state index < -0.39 is 11.4 Å². The first kappa shape index (κ1) is 20.8. The van der Waals surface area contributed by atoms with Gasteiger partial charge in [-0.1, -0.05) is 57.4 Å². The molecular weight excluding hydrogens is 300 g/mol. The molecule has 0 amide bonds. The van der Waals surface area contributed by atoms with Crippen molar-refractivity contribution in [3.8, 4) is 23.7 Å². The van der Waals surface area contributed by atoms with Gasteiger partial charge in [-0.3, -0.25) is 0 Å². The lowest BCUT2D eigenvalue weighted by Gasteiger charge is -2.16. The molecule has 0 aliphatic carbocycles. The summed E-state index contributed by atoms with van der Waals surface area (Å²) in [4.78, 5) is 0. The van der Waals surface area contributed by atoms with Gasteiger partial charge in [0.15, 0.2) is 5.79 Å². The van der Waals surface area contributed by atoms with Gasteiger partial charge in [-0.05, 0) is 45.1 Å². The van der Waals surface area contributed by atoms with E-state index in [0.29, 0.717) is 6.42 Å². The molecule has 0 bridgehead atoms. The smallest absolute Gasteiger partial charge is 0.163 e.